The van der Waals surface area contributed by atoms with Crippen LogP contribution in [0.15, 0.2) is 18.2 Å². The lowest BCUT2D eigenvalue weighted by molar-refractivity contribution is -0.137. The molecule has 6 N–H and O–H groups in total. The molecule has 2 rings (SSSR count). The first kappa shape index (κ1) is 23.9. The number of hydrogen-bond donors (Lipinski definition) is 4. The molecule has 0 aliphatic carbocycles. The molecule has 0 aromatic heterocycles. The Labute approximate surface area is 169 Å². The largest absolute Gasteiger partial charge is 0.471 e. The van der Waals surface area contributed by atoms with Crippen LogP contribution in [-0.4, -0.2) is 48.9 Å². The van der Waals surface area contributed by atoms with Crippen LogP contribution in [0.4, 0.5) is 11.4 Å². The number of hydrazine groups is 1. The van der Waals surface area contributed by atoms with E-state index in [1.165, 1.54) is 7.11 Å². The lowest BCUT2D eigenvalue weighted by Crippen LogP contribution is -2.57. The van der Waals surface area contributed by atoms with E-state index >= 15 is 0 Å². The number of nitrogens with one attached hydrogen (secondary N) is 2. The molecule has 3 amide bonds. The first-order valence-corrected chi connectivity index (χ1v) is 9.37. The topological polar surface area (TPSA) is 157 Å². The first-order chi connectivity index (χ1) is 13.8. The van der Waals surface area contributed by atoms with E-state index in [1.54, 1.807) is 18.2 Å². The zero-order valence-electron chi connectivity index (χ0n) is 16.8. The van der Waals surface area contributed by atoms with Gasteiger partial charge in [-0.2, -0.15) is 0 Å². The van der Waals surface area contributed by atoms with Crippen molar-refractivity contribution in [2.75, 3.05) is 24.7 Å². The molecule has 0 bridgehead atoms. The Morgan fingerprint density at radius 1 is 1.38 bits per heavy atom. The van der Waals surface area contributed by atoms with Gasteiger partial charge in [0.1, 0.15) is 6.04 Å². The van der Waals surface area contributed by atoms with Crippen molar-refractivity contribution in [1.29, 1.82) is 0 Å². The molecule has 1 atom stereocenters. The fourth-order valence-corrected chi connectivity index (χ4v) is 2.69. The van der Waals surface area contributed by atoms with Gasteiger partial charge in [0.15, 0.2) is 0 Å². The van der Waals surface area contributed by atoms with Crippen molar-refractivity contribution in [3.05, 3.63) is 23.8 Å². The third kappa shape index (κ3) is 7.41. The maximum Gasteiger partial charge on any atom is 0.292 e. The summed E-state index contributed by atoms with van der Waals surface area (Å²) < 4.78 is 3.86. The number of anilines is 2. The summed E-state index contributed by atoms with van der Waals surface area (Å²) in [5.41, 5.74) is 7.19. The Bertz CT molecular complexity index is 725. The zero-order chi connectivity index (χ0) is 21.8. The maximum absolute atomic E-state index is 12.6. The Kier molecular flexibility index (Phi) is 10.2. The number of amides is 3. The Hall–Kier alpha value is -3.14. The normalized spacial score (nSPS) is 15.5. The highest BCUT2D eigenvalue weighted by Crippen LogP contribution is 2.21. The highest BCUT2D eigenvalue weighted by Gasteiger charge is 2.33. The van der Waals surface area contributed by atoms with Crippen molar-refractivity contribution in [3.8, 4) is 0 Å². The molecule has 1 aliphatic heterocycles. The summed E-state index contributed by atoms with van der Waals surface area (Å²) in [5, 5.41) is 6.29. The molecule has 1 heterocycles. The summed E-state index contributed by atoms with van der Waals surface area (Å²) in [4.78, 5) is 44.7. The number of rotatable bonds is 8. The van der Waals surface area contributed by atoms with Crippen molar-refractivity contribution in [1.82, 2.24) is 10.3 Å². The van der Waals surface area contributed by atoms with Gasteiger partial charge in [0.05, 0.1) is 12.7 Å². The summed E-state index contributed by atoms with van der Waals surface area (Å²) in [6.45, 7) is 3.30. The molecule has 1 aromatic carbocycles. The molecular weight excluding hydrogens is 378 g/mol. The predicted octanol–water partition coefficient (Wildman–Crippen LogP) is 0.781. The van der Waals surface area contributed by atoms with Gasteiger partial charge >= 0.3 is 0 Å². The average molecular weight is 407 g/mol. The summed E-state index contributed by atoms with van der Waals surface area (Å²) in [6, 6.07) is 4.18. The number of benzene rings is 1. The Balaban J connectivity index is 0.000000960. The van der Waals surface area contributed by atoms with Gasteiger partial charge in [-0.25, -0.2) is 5.84 Å². The van der Waals surface area contributed by atoms with E-state index in [0.29, 0.717) is 6.47 Å². The van der Waals surface area contributed by atoms with E-state index < -0.39 is 17.9 Å². The third-order valence-electron chi connectivity index (χ3n) is 4.27. The molecule has 10 nitrogen and oxygen atoms in total. The molecule has 10 heteroatoms. The summed E-state index contributed by atoms with van der Waals surface area (Å²) in [7, 11) is 1.31. The average Bonchev–Trinajstić information content (AvgIpc) is 2.71. The number of nitrogens with two attached hydrogens (primary N) is 2. The number of carbonyl (C=O) groups is 4. The van der Waals surface area contributed by atoms with E-state index in [-0.39, 0.29) is 30.0 Å². The molecular formula is C19H29N5O5. The van der Waals surface area contributed by atoms with Crippen molar-refractivity contribution in [2.24, 2.45) is 5.84 Å². The van der Waals surface area contributed by atoms with Gasteiger partial charge in [-0.1, -0.05) is 19.8 Å². The third-order valence-corrected chi connectivity index (χ3v) is 4.27. The van der Waals surface area contributed by atoms with Crippen LogP contribution in [0.25, 0.3) is 0 Å². The number of hydrogen-bond acceptors (Lipinski definition) is 8. The highest BCUT2D eigenvalue weighted by atomic mass is 16.5. The van der Waals surface area contributed by atoms with Crippen LogP contribution in [0.3, 0.4) is 0 Å². The van der Waals surface area contributed by atoms with E-state index in [1.807, 2.05) is 0 Å². The van der Waals surface area contributed by atoms with Crippen LogP contribution in [0.2, 0.25) is 0 Å². The van der Waals surface area contributed by atoms with Crippen molar-refractivity contribution in [2.45, 2.75) is 45.1 Å². The number of methoxy groups -OCH3 is 1. The lowest BCUT2D eigenvalue weighted by Gasteiger charge is -2.29. The van der Waals surface area contributed by atoms with Gasteiger partial charge < -0.3 is 15.8 Å². The minimum absolute atomic E-state index is 0.145. The molecule has 0 radical (unpaired) electrons. The number of nitrogen functional groups attached to an aromatic ring is 1. The number of ether oxygens (including phenoxy) is 1. The number of nitrogens with zero attached hydrogens (tertiary/aromatic N) is 1. The van der Waals surface area contributed by atoms with E-state index in [2.05, 4.69) is 22.3 Å². The lowest BCUT2D eigenvalue weighted by atomic mass is 10.0. The van der Waals surface area contributed by atoms with Gasteiger partial charge in [-0.3, -0.25) is 29.5 Å². The van der Waals surface area contributed by atoms with Crippen molar-refractivity contribution in [3.63, 3.8) is 0 Å². The second-order valence-corrected chi connectivity index (χ2v) is 6.45. The fraction of sp³-hybridized carbons (Fsp3) is 0.474. The molecule has 0 saturated carbocycles. The fourth-order valence-electron chi connectivity index (χ4n) is 2.69. The van der Waals surface area contributed by atoms with Gasteiger partial charge in [-0.15, -0.1) is 0 Å². The van der Waals surface area contributed by atoms with Crippen molar-refractivity contribution < 1.29 is 23.9 Å². The van der Waals surface area contributed by atoms with Crippen molar-refractivity contribution >= 4 is 35.6 Å². The minimum atomic E-state index is -0.884. The zero-order valence-corrected chi connectivity index (χ0v) is 16.8. The molecule has 1 aromatic rings. The van der Waals surface area contributed by atoms with Crippen LogP contribution >= 0.6 is 0 Å². The smallest absolute Gasteiger partial charge is 0.292 e. The number of carbonyl (C=O) groups excluding carboxylic acids is 4. The van der Waals surface area contributed by atoms with Crippen LogP contribution in [-0.2, 0) is 19.1 Å². The van der Waals surface area contributed by atoms with E-state index in [4.69, 9.17) is 16.4 Å². The SMILES string of the molecule is CCCCCNc1ccc(N)c(C(=O)N(N)C2CCC(=O)NC2=O)c1.COC=O. The van der Waals surface area contributed by atoms with Crippen LogP contribution in [0, 0.1) is 0 Å². The van der Waals surface area contributed by atoms with E-state index in [0.717, 1.165) is 36.5 Å². The molecule has 160 valence electrons. The number of piperidine rings is 1. The van der Waals surface area contributed by atoms with Gasteiger partial charge in [0.2, 0.25) is 5.91 Å². The number of unbranched alkanes of at least 4 members (excludes halogenated alkanes) is 2. The van der Waals surface area contributed by atoms with Gasteiger partial charge in [0.25, 0.3) is 18.3 Å². The molecule has 1 fully saturated rings. The highest BCUT2D eigenvalue weighted by molar-refractivity contribution is 6.05. The summed E-state index contributed by atoms with van der Waals surface area (Å²) in [5.74, 6) is 4.37. The molecule has 1 saturated heterocycles. The predicted molar refractivity (Wildman–Crippen MR) is 108 cm³/mol. The summed E-state index contributed by atoms with van der Waals surface area (Å²) in [6.07, 6.45) is 3.62. The molecule has 1 aliphatic rings. The second kappa shape index (κ2) is 12.3. The van der Waals surface area contributed by atoms with Crippen LogP contribution in [0.1, 0.15) is 49.4 Å². The molecule has 29 heavy (non-hydrogen) atoms. The van der Waals surface area contributed by atoms with E-state index in [9.17, 15) is 14.4 Å². The summed E-state index contributed by atoms with van der Waals surface area (Å²) >= 11 is 0. The standard InChI is InChI=1S/C17H25N5O3.C2H4O2/c1-2-3-4-9-20-11-5-6-13(18)12(10-11)17(25)22(19)14-7-8-15(23)21-16(14)24;1-4-2-3/h5-6,10,14,20H,2-4,7-9,18-19H2,1H3,(H,21,23,24);2H,1H3. The Morgan fingerprint density at radius 2 is 2.07 bits per heavy atom. The number of imide groups is 1. The van der Waals surface area contributed by atoms with Crippen LogP contribution in [0.5, 0.6) is 0 Å². The first-order valence-electron chi connectivity index (χ1n) is 9.37. The Morgan fingerprint density at radius 3 is 2.66 bits per heavy atom. The van der Waals surface area contributed by atoms with Crippen LogP contribution < -0.4 is 22.2 Å². The van der Waals surface area contributed by atoms with Gasteiger partial charge in [0, 0.05) is 24.3 Å². The minimum Gasteiger partial charge on any atom is -0.471 e. The maximum atomic E-state index is 12.6. The van der Waals surface area contributed by atoms with Gasteiger partial charge in [-0.05, 0) is 31.0 Å². The quantitative estimate of drug-likeness (QED) is 0.0936. The molecule has 1 unspecified atom stereocenters. The monoisotopic (exact) mass is 407 g/mol. The second-order valence-electron chi connectivity index (χ2n) is 6.45. The molecule has 0 spiro atoms.